The van der Waals surface area contributed by atoms with E-state index in [4.69, 9.17) is 14.2 Å². The van der Waals surface area contributed by atoms with Gasteiger partial charge in [-0.25, -0.2) is 0 Å². The average molecular weight is 386 g/mol. The molecule has 0 saturated heterocycles. The van der Waals surface area contributed by atoms with Gasteiger partial charge in [-0.1, -0.05) is 12.1 Å². The Morgan fingerprint density at radius 2 is 1.68 bits per heavy atom. The molecule has 0 atom stereocenters. The molecule has 7 nitrogen and oxygen atoms in total. The average Bonchev–Trinajstić information content (AvgIpc) is 2.71. The summed E-state index contributed by atoms with van der Waals surface area (Å²) in [5, 5.41) is 2.84. The zero-order valence-electron chi connectivity index (χ0n) is 16.7. The molecule has 0 spiro atoms. The number of nitrogens with zero attached hydrogens (tertiary/aromatic N) is 1. The largest absolute Gasteiger partial charge is 0.497 e. The molecule has 0 bridgehead atoms. The lowest BCUT2D eigenvalue weighted by atomic mass is 10.1. The van der Waals surface area contributed by atoms with E-state index in [1.807, 2.05) is 24.3 Å². The summed E-state index contributed by atoms with van der Waals surface area (Å²) in [5.41, 5.74) is 1.54. The summed E-state index contributed by atoms with van der Waals surface area (Å²) in [4.78, 5) is 25.9. The first-order valence-electron chi connectivity index (χ1n) is 8.88. The van der Waals surface area contributed by atoms with Gasteiger partial charge >= 0.3 is 0 Å². The Morgan fingerprint density at radius 1 is 0.964 bits per heavy atom. The van der Waals surface area contributed by atoms with Gasteiger partial charge in [0, 0.05) is 19.5 Å². The summed E-state index contributed by atoms with van der Waals surface area (Å²) < 4.78 is 15.7. The molecule has 0 fully saturated rings. The van der Waals surface area contributed by atoms with Crippen LogP contribution in [0.2, 0.25) is 0 Å². The van der Waals surface area contributed by atoms with Gasteiger partial charge < -0.3 is 19.5 Å². The number of methoxy groups -OCH3 is 3. The Labute approximate surface area is 165 Å². The normalized spacial score (nSPS) is 10.1. The number of carbonyl (C=O) groups excluding carboxylic acids is 2. The molecule has 1 N–H and O–H groups in total. The second-order valence-corrected chi connectivity index (χ2v) is 6.09. The zero-order valence-corrected chi connectivity index (χ0v) is 16.7. The van der Waals surface area contributed by atoms with Gasteiger partial charge in [0.25, 0.3) is 0 Å². The van der Waals surface area contributed by atoms with Gasteiger partial charge in [-0.3, -0.25) is 14.5 Å². The van der Waals surface area contributed by atoms with E-state index >= 15 is 0 Å². The predicted octanol–water partition coefficient (Wildman–Crippen LogP) is 2.42. The van der Waals surface area contributed by atoms with Crippen molar-refractivity contribution in [2.24, 2.45) is 0 Å². The van der Waals surface area contributed by atoms with E-state index in [0.717, 1.165) is 11.3 Å². The highest BCUT2D eigenvalue weighted by Gasteiger charge is 2.20. The number of amides is 2. The maximum atomic E-state index is 12.4. The molecular weight excluding hydrogens is 360 g/mol. The Bertz CT molecular complexity index is 822. The fraction of sp³-hybridized carbons (Fsp3) is 0.333. The van der Waals surface area contributed by atoms with Gasteiger partial charge in [0.15, 0.2) is 0 Å². The Morgan fingerprint density at radius 3 is 2.32 bits per heavy atom. The molecule has 150 valence electrons. The Balaban J connectivity index is 2.02. The van der Waals surface area contributed by atoms with Crippen molar-refractivity contribution in [1.82, 2.24) is 5.32 Å². The van der Waals surface area contributed by atoms with Gasteiger partial charge in [0.1, 0.15) is 23.8 Å². The number of rotatable bonds is 9. The Hall–Kier alpha value is -3.22. The van der Waals surface area contributed by atoms with Gasteiger partial charge in [0.05, 0.1) is 27.0 Å². The van der Waals surface area contributed by atoms with E-state index in [1.165, 1.54) is 26.0 Å². The first kappa shape index (κ1) is 21.1. The lowest BCUT2D eigenvalue weighted by Crippen LogP contribution is -2.40. The van der Waals surface area contributed by atoms with Crippen molar-refractivity contribution in [3.05, 3.63) is 48.0 Å². The first-order valence-corrected chi connectivity index (χ1v) is 8.88. The maximum Gasteiger partial charge on any atom is 0.240 e. The second-order valence-electron chi connectivity index (χ2n) is 6.09. The first-order chi connectivity index (χ1) is 13.5. The lowest BCUT2D eigenvalue weighted by Gasteiger charge is -2.23. The van der Waals surface area contributed by atoms with Crippen LogP contribution in [0, 0.1) is 0 Å². The molecule has 2 amide bonds. The number of ether oxygens (including phenoxy) is 3. The Kier molecular flexibility index (Phi) is 7.68. The minimum absolute atomic E-state index is 0.114. The molecule has 0 radical (unpaired) electrons. The van der Waals surface area contributed by atoms with Crippen molar-refractivity contribution < 1.29 is 23.8 Å². The molecule has 2 aromatic rings. The second kappa shape index (κ2) is 10.2. The third-order valence-corrected chi connectivity index (χ3v) is 4.23. The van der Waals surface area contributed by atoms with E-state index in [-0.39, 0.29) is 18.4 Å². The van der Waals surface area contributed by atoms with Crippen molar-refractivity contribution in [2.45, 2.75) is 13.3 Å². The third kappa shape index (κ3) is 5.64. The third-order valence-electron chi connectivity index (χ3n) is 4.23. The highest BCUT2D eigenvalue weighted by atomic mass is 16.5. The van der Waals surface area contributed by atoms with Crippen molar-refractivity contribution in [2.75, 3.05) is 39.3 Å². The number of benzene rings is 2. The van der Waals surface area contributed by atoms with Crippen molar-refractivity contribution in [3.63, 3.8) is 0 Å². The molecule has 0 unspecified atom stereocenters. The molecule has 0 aliphatic rings. The number of carbonyl (C=O) groups is 2. The summed E-state index contributed by atoms with van der Waals surface area (Å²) in [6.07, 6.45) is 0.658. The van der Waals surface area contributed by atoms with Crippen LogP contribution in [0.5, 0.6) is 17.2 Å². The highest BCUT2D eigenvalue weighted by Crippen LogP contribution is 2.32. The van der Waals surface area contributed by atoms with Gasteiger partial charge in [-0.05, 0) is 36.2 Å². The monoisotopic (exact) mass is 386 g/mol. The van der Waals surface area contributed by atoms with Crippen molar-refractivity contribution in [1.29, 1.82) is 0 Å². The quantitative estimate of drug-likeness (QED) is 0.716. The van der Waals surface area contributed by atoms with Crippen LogP contribution in [0.1, 0.15) is 12.5 Å². The van der Waals surface area contributed by atoms with E-state index in [0.29, 0.717) is 30.2 Å². The summed E-state index contributed by atoms with van der Waals surface area (Å²) in [6, 6.07) is 12.8. The number of anilines is 1. The molecule has 2 aromatic carbocycles. The number of hydrogen-bond donors (Lipinski definition) is 1. The SMILES string of the molecule is COc1cccc(CCNC(=O)CN(C(C)=O)c2cc(OC)ccc2OC)c1. The van der Waals surface area contributed by atoms with Gasteiger partial charge in [-0.2, -0.15) is 0 Å². The van der Waals surface area contributed by atoms with Crippen LogP contribution in [0.15, 0.2) is 42.5 Å². The van der Waals surface area contributed by atoms with Crippen LogP contribution < -0.4 is 24.4 Å². The van der Waals surface area contributed by atoms with Crippen LogP contribution in [-0.2, 0) is 16.0 Å². The van der Waals surface area contributed by atoms with Gasteiger partial charge in [0.2, 0.25) is 11.8 Å². The summed E-state index contributed by atoms with van der Waals surface area (Å²) in [7, 11) is 4.66. The fourth-order valence-electron chi connectivity index (χ4n) is 2.75. The van der Waals surface area contributed by atoms with Gasteiger partial charge in [-0.15, -0.1) is 0 Å². The van der Waals surface area contributed by atoms with Crippen LogP contribution in [0.25, 0.3) is 0 Å². The lowest BCUT2D eigenvalue weighted by molar-refractivity contribution is -0.123. The molecule has 28 heavy (non-hydrogen) atoms. The van der Waals surface area contributed by atoms with E-state index in [9.17, 15) is 9.59 Å². The van der Waals surface area contributed by atoms with Crippen molar-refractivity contribution in [3.8, 4) is 17.2 Å². The predicted molar refractivity (Wildman–Crippen MR) is 107 cm³/mol. The molecule has 0 heterocycles. The number of nitrogens with one attached hydrogen (secondary N) is 1. The molecule has 0 aliphatic carbocycles. The fourth-order valence-corrected chi connectivity index (χ4v) is 2.75. The molecule has 0 aliphatic heterocycles. The van der Waals surface area contributed by atoms with Crippen LogP contribution in [0.4, 0.5) is 5.69 Å². The van der Waals surface area contributed by atoms with E-state index < -0.39 is 0 Å². The van der Waals surface area contributed by atoms with Crippen LogP contribution in [0.3, 0.4) is 0 Å². The smallest absolute Gasteiger partial charge is 0.240 e. The number of hydrogen-bond acceptors (Lipinski definition) is 5. The summed E-state index contributed by atoms with van der Waals surface area (Å²) in [6.45, 7) is 1.74. The van der Waals surface area contributed by atoms with E-state index in [2.05, 4.69) is 5.32 Å². The molecular formula is C21H26N2O5. The summed E-state index contributed by atoms with van der Waals surface area (Å²) >= 11 is 0. The molecule has 0 saturated carbocycles. The van der Waals surface area contributed by atoms with E-state index in [1.54, 1.807) is 25.3 Å². The molecule has 7 heteroatoms. The maximum absolute atomic E-state index is 12.4. The highest BCUT2D eigenvalue weighted by molar-refractivity contribution is 5.98. The molecule has 0 aromatic heterocycles. The summed E-state index contributed by atoms with van der Waals surface area (Å²) in [5.74, 6) is 1.30. The minimum Gasteiger partial charge on any atom is -0.497 e. The standard InChI is InChI=1S/C21H26N2O5/c1-15(24)23(19-13-18(27-3)8-9-20(19)28-4)14-21(25)22-11-10-16-6-5-7-17(12-16)26-2/h5-9,12-13H,10-11,14H2,1-4H3,(H,22,25). The topological polar surface area (TPSA) is 77.1 Å². The molecule has 2 rings (SSSR count). The van der Waals surface area contributed by atoms with Crippen LogP contribution in [-0.4, -0.2) is 46.2 Å². The zero-order chi connectivity index (χ0) is 20.5. The minimum atomic E-state index is -0.269. The van der Waals surface area contributed by atoms with Crippen LogP contribution >= 0.6 is 0 Å². The van der Waals surface area contributed by atoms with Crippen molar-refractivity contribution >= 4 is 17.5 Å².